The first-order valence-corrected chi connectivity index (χ1v) is 5.65. The van der Waals surface area contributed by atoms with Crippen LogP contribution in [-0.2, 0) is 11.3 Å². The maximum absolute atomic E-state index is 12.9. The lowest BCUT2D eigenvalue weighted by atomic mass is 10.2. The molecule has 0 unspecified atom stereocenters. The predicted octanol–water partition coefficient (Wildman–Crippen LogP) is 1.77. The Morgan fingerprint density at radius 1 is 1.50 bits per heavy atom. The summed E-state index contributed by atoms with van der Waals surface area (Å²) in [5.74, 6) is -0.286. The number of halogens is 2. The van der Waals surface area contributed by atoms with Crippen molar-refractivity contribution in [3.05, 3.63) is 34.1 Å². The van der Waals surface area contributed by atoms with Crippen LogP contribution in [0.3, 0.4) is 0 Å². The van der Waals surface area contributed by atoms with Gasteiger partial charge >= 0.3 is 0 Å². The molecule has 0 saturated carbocycles. The molecule has 1 rings (SSSR count). The van der Waals surface area contributed by atoms with Gasteiger partial charge in [-0.25, -0.2) is 4.39 Å². The SMILES string of the molecule is CN(C)C(=O)CNCc1cc(F)ccc1Br. The van der Waals surface area contributed by atoms with E-state index in [-0.39, 0.29) is 18.3 Å². The first-order valence-electron chi connectivity index (χ1n) is 4.85. The predicted molar refractivity (Wildman–Crippen MR) is 64.5 cm³/mol. The fraction of sp³-hybridized carbons (Fsp3) is 0.364. The fourth-order valence-corrected chi connectivity index (χ4v) is 1.53. The van der Waals surface area contributed by atoms with Gasteiger partial charge in [-0.2, -0.15) is 0 Å². The lowest BCUT2D eigenvalue weighted by Gasteiger charge is -2.11. The van der Waals surface area contributed by atoms with Crippen molar-refractivity contribution in [2.24, 2.45) is 0 Å². The summed E-state index contributed by atoms with van der Waals surface area (Å²) in [6.45, 7) is 0.702. The van der Waals surface area contributed by atoms with E-state index in [9.17, 15) is 9.18 Å². The highest BCUT2D eigenvalue weighted by Crippen LogP contribution is 2.17. The minimum absolute atomic E-state index is 0.00692. The third kappa shape index (κ3) is 3.90. The van der Waals surface area contributed by atoms with Crippen LogP contribution >= 0.6 is 15.9 Å². The number of hydrogen-bond donors (Lipinski definition) is 1. The van der Waals surface area contributed by atoms with Gasteiger partial charge in [0.15, 0.2) is 0 Å². The number of nitrogens with one attached hydrogen (secondary N) is 1. The zero-order valence-corrected chi connectivity index (χ0v) is 10.8. The second-order valence-electron chi connectivity index (χ2n) is 3.63. The average molecular weight is 289 g/mol. The van der Waals surface area contributed by atoms with Gasteiger partial charge in [-0.15, -0.1) is 0 Å². The summed E-state index contributed by atoms with van der Waals surface area (Å²) in [4.78, 5) is 12.8. The van der Waals surface area contributed by atoms with Crippen LogP contribution in [0.2, 0.25) is 0 Å². The van der Waals surface area contributed by atoms with Crippen molar-refractivity contribution in [3.8, 4) is 0 Å². The quantitative estimate of drug-likeness (QED) is 0.916. The molecule has 0 fully saturated rings. The van der Waals surface area contributed by atoms with Gasteiger partial charge < -0.3 is 10.2 Å². The first kappa shape index (κ1) is 13.1. The summed E-state index contributed by atoms with van der Waals surface area (Å²) in [5, 5.41) is 2.96. The average Bonchev–Trinajstić information content (AvgIpc) is 2.22. The number of benzene rings is 1. The minimum atomic E-state index is -0.279. The van der Waals surface area contributed by atoms with Gasteiger partial charge in [0.25, 0.3) is 0 Å². The highest BCUT2D eigenvalue weighted by molar-refractivity contribution is 9.10. The Kier molecular flexibility index (Phi) is 4.89. The summed E-state index contributed by atoms with van der Waals surface area (Å²) in [5.41, 5.74) is 0.798. The molecule has 0 heterocycles. The summed E-state index contributed by atoms with van der Waals surface area (Å²) < 4.78 is 13.8. The van der Waals surface area contributed by atoms with Crippen LogP contribution in [0, 0.1) is 5.82 Å². The normalized spacial score (nSPS) is 10.2. The Hall–Kier alpha value is -0.940. The third-order valence-electron chi connectivity index (χ3n) is 2.10. The van der Waals surface area contributed by atoms with Crippen molar-refractivity contribution in [2.45, 2.75) is 6.54 Å². The van der Waals surface area contributed by atoms with Crippen molar-refractivity contribution >= 4 is 21.8 Å². The summed E-state index contributed by atoms with van der Waals surface area (Å²) >= 11 is 3.32. The van der Waals surface area contributed by atoms with Gasteiger partial charge in [0.1, 0.15) is 5.82 Å². The molecule has 0 radical (unpaired) electrons. The summed E-state index contributed by atoms with van der Waals surface area (Å²) in [6, 6.07) is 4.48. The number of carbonyl (C=O) groups is 1. The van der Waals surface area contributed by atoms with Crippen molar-refractivity contribution < 1.29 is 9.18 Å². The van der Waals surface area contributed by atoms with E-state index < -0.39 is 0 Å². The number of likely N-dealkylation sites (N-methyl/N-ethyl adjacent to an activating group) is 1. The van der Waals surface area contributed by atoms with Crippen LogP contribution in [0.5, 0.6) is 0 Å². The molecule has 1 N–H and O–H groups in total. The highest BCUT2D eigenvalue weighted by atomic mass is 79.9. The molecule has 0 spiro atoms. The smallest absolute Gasteiger partial charge is 0.236 e. The van der Waals surface area contributed by atoms with Crippen LogP contribution in [0.4, 0.5) is 4.39 Å². The number of nitrogens with zero attached hydrogens (tertiary/aromatic N) is 1. The van der Waals surface area contributed by atoms with E-state index in [1.165, 1.54) is 17.0 Å². The van der Waals surface area contributed by atoms with Crippen molar-refractivity contribution in [2.75, 3.05) is 20.6 Å². The lowest BCUT2D eigenvalue weighted by molar-refractivity contribution is -0.127. The van der Waals surface area contributed by atoms with Crippen molar-refractivity contribution in [3.63, 3.8) is 0 Å². The fourth-order valence-electron chi connectivity index (χ4n) is 1.14. The second-order valence-corrected chi connectivity index (χ2v) is 4.48. The monoisotopic (exact) mass is 288 g/mol. The van der Waals surface area contributed by atoms with Crippen LogP contribution in [0.15, 0.2) is 22.7 Å². The van der Waals surface area contributed by atoms with E-state index in [1.54, 1.807) is 20.2 Å². The Bertz CT molecular complexity index is 382. The molecule has 0 aliphatic heterocycles. The third-order valence-corrected chi connectivity index (χ3v) is 2.87. The molecule has 1 aromatic carbocycles. The second kappa shape index (κ2) is 5.96. The van der Waals surface area contributed by atoms with Gasteiger partial charge in [-0.1, -0.05) is 15.9 Å². The first-order chi connectivity index (χ1) is 7.50. The molecule has 0 aliphatic carbocycles. The summed E-state index contributed by atoms with van der Waals surface area (Å²) in [7, 11) is 3.39. The van der Waals surface area contributed by atoms with Crippen molar-refractivity contribution in [1.29, 1.82) is 0 Å². The molecule has 1 aromatic rings. The molecule has 0 bridgehead atoms. The standard InChI is InChI=1S/C11H14BrFN2O/c1-15(2)11(16)7-14-6-8-5-9(13)3-4-10(8)12/h3-5,14H,6-7H2,1-2H3. The van der Waals surface area contributed by atoms with Crippen LogP contribution in [0.25, 0.3) is 0 Å². The zero-order chi connectivity index (χ0) is 12.1. The molecule has 88 valence electrons. The molecule has 0 aliphatic rings. The van der Waals surface area contributed by atoms with Crippen molar-refractivity contribution in [1.82, 2.24) is 10.2 Å². The number of carbonyl (C=O) groups excluding carboxylic acids is 1. The Morgan fingerprint density at radius 3 is 2.81 bits per heavy atom. The lowest BCUT2D eigenvalue weighted by Crippen LogP contribution is -2.32. The molecule has 16 heavy (non-hydrogen) atoms. The molecular weight excluding hydrogens is 275 g/mol. The molecule has 0 saturated heterocycles. The van der Waals surface area contributed by atoms with E-state index in [1.807, 2.05) is 0 Å². The van der Waals surface area contributed by atoms with Gasteiger partial charge in [0.2, 0.25) is 5.91 Å². The van der Waals surface area contributed by atoms with Crippen LogP contribution in [0.1, 0.15) is 5.56 Å². The molecule has 0 aromatic heterocycles. The highest BCUT2D eigenvalue weighted by Gasteiger charge is 2.05. The van der Waals surface area contributed by atoms with E-state index in [4.69, 9.17) is 0 Å². The summed E-state index contributed by atoms with van der Waals surface area (Å²) in [6.07, 6.45) is 0. The number of rotatable bonds is 4. The maximum Gasteiger partial charge on any atom is 0.236 e. The molecule has 0 atom stereocenters. The Morgan fingerprint density at radius 2 is 2.19 bits per heavy atom. The van der Waals surface area contributed by atoms with E-state index in [2.05, 4.69) is 21.2 Å². The zero-order valence-electron chi connectivity index (χ0n) is 9.26. The minimum Gasteiger partial charge on any atom is -0.348 e. The van der Waals surface area contributed by atoms with E-state index in [0.29, 0.717) is 6.54 Å². The number of amides is 1. The van der Waals surface area contributed by atoms with Gasteiger partial charge in [0.05, 0.1) is 6.54 Å². The van der Waals surface area contributed by atoms with Gasteiger partial charge in [-0.05, 0) is 23.8 Å². The topological polar surface area (TPSA) is 32.3 Å². The molecule has 1 amide bonds. The van der Waals surface area contributed by atoms with Gasteiger partial charge in [-0.3, -0.25) is 4.79 Å². The Balaban J connectivity index is 2.49. The van der Waals surface area contributed by atoms with Crippen LogP contribution < -0.4 is 5.32 Å². The molecule has 5 heteroatoms. The number of hydrogen-bond acceptors (Lipinski definition) is 2. The maximum atomic E-state index is 12.9. The van der Waals surface area contributed by atoms with Crippen LogP contribution in [-0.4, -0.2) is 31.4 Å². The van der Waals surface area contributed by atoms with E-state index in [0.717, 1.165) is 10.0 Å². The van der Waals surface area contributed by atoms with Gasteiger partial charge in [0, 0.05) is 25.1 Å². The largest absolute Gasteiger partial charge is 0.348 e. The molecular formula is C11H14BrFN2O. The Labute approximate surface area is 103 Å². The molecule has 3 nitrogen and oxygen atoms in total. The van der Waals surface area contributed by atoms with E-state index >= 15 is 0 Å².